The van der Waals surface area contributed by atoms with Crippen LogP contribution in [-0.4, -0.2) is 22.7 Å². The van der Waals surface area contributed by atoms with E-state index in [0.29, 0.717) is 16.8 Å². The molecule has 1 heterocycles. The summed E-state index contributed by atoms with van der Waals surface area (Å²) in [4.78, 5) is 11.9. The maximum atomic E-state index is 11.9. The summed E-state index contributed by atoms with van der Waals surface area (Å²) >= 11 is 4.83. The summed E-state index contributed by atoms with van der Waals surface area (Å²) in [6.45, 7) is 6.09. The summed E-state index contributed by atoms with van der Waals surface area (Å²) < 4.78 is 6.37. The van der Waals surface area contributed by atoms with E-state index in [1.54, 1.807) is 0 Å². The monoisotopic (exact) mass is 383 g/mol. The van der Waals surface area contributed by atoms with E-state index >= 15 is 0 Å². The molecule has 0 atom stereocenters. The van der Waals surface area contributed by atoms with E-state index in [2.05, 4.69) is 38.4 Å². The number of rotatable bonds is 6. The smallest absolute Gasteiger partial charge is 0.264 e. The molecule has 1 aromatic carbocycles. The van der Waals surface area contributed by atoms with Crippen LogP contribution in [0.5, 0.6) is 5.75 Å². The summed E-state index contributed by atoms with van der Waals surface area (Å²) in [6, 6.07) is 5.84. The number of nitrogens with one attached hydrogen (secondary N) is 1. The quantitative estimate of drug-likeness (QED) is 0.818. The molecule has 2 aromatic rings. The van der Waals surface area contributed by atoms with Crippen molar-refractivity contribution < 1.29 is 9.53 Å². The second kappa shape index (κ2) is 7.69. The molecule has 0 radical (unpaired) electrons. The number of hydrogen-bond donors (Lipinski definition) is 1. The second-order valence-electron chi connectivity index (χ2n) is 5.06. The molecule has 0 fully saturated rings. The molecule has 2 rings (SSSR count). The highest BCUT2D eigenvalue weighted by Crippen LogP contribution is 2.26. The van der Waals surface area contributed by atoms with Crippen LogP contribution in [0.4, 0.5) is 5.13 Å². The van der Waals surface area contributed by atoms with Gasteiger partial charge in [0, 0.05) is 5.92 Å². The minimum atomic E-state index is -0.252. The summed E-state index contributed by atoms with van der Waals surface area (Å²) in [7, 11) is 0. The van der Waals surface area contributed by atoms with Gasteiger partial charge in [-0.15, -0.1) is 10.2 Å². The largest absolute Gasteiger partial charge is 0.483 e. The van der Waals surface area contributed by atoms with Crippen molar-refractivity contribution in [3.63, 3.8) is 0 Å². The van der Waals surface area contributed by atoms with Crippen LogP contribution < -0.4 is 10.1 Å². The molecule has 7 heteroatoms. The number of carbonyl (C=O) groups excluding carboxylic acids is 1. The Morgan fingerprint density at radius 3 is 2.77 bits per heavy atom. The molecule has 22 heavy (non-hydrogen) atoms. The van der Waals surface area contributed by atoms with Gasteiger partial charge in [0.15, 0.2) is 6.61 Å². The lowest BCUT2D eigenvalue weighted by molar-refractivity contribution is -0.118. The zero-order valence-electron chi connectivity index (χ0n) is 12.7. The highest BCUT2D eigenvalue weighted by molar-refractivity contribution is 9.10. The van der Waals surface area contributed by atoms with Gasteiger partial charge in [-0.05, 0) is 40.0 Å². The Kier molecular flexibility index (Phi) is 5.90. The van der Waals surface area contributed by atoms with Gasteiger partial charge in [-0.2, -0.15) is 0 Å². The average molecular weight is 384 g/mol. The molecule has 0 aliphatic carbocycles. The highest BCUT2D eigenvalue weighted by Gasteiger charge is 2.11. The third kappa shape index (κ3) is 4.51. The third-order valence-electron chi connectivity index (χ3n) is 2.94. The molecule has 0 aliphatic rings. The maximum Gasteiger partial charge on any atom is 0.264 e. The van der Waals surface area contributed by atoms with E-state index in [1.807, 2.05) is 32.0 Å². The third-order valence-corrected chi connectivity index (χ3v) is 4.70. The molecule has 0 aliphatic heterocycles. The standard InChI is InChI=1S/C15H18BrN3O2S/c1-4-10-5-6-12(11(16)7-10)21-8-13(20)17-15-19-18-14(22-15)9(2)3/h5-7,9H,4,8H2,1-3H3,(H,17,19,20). The van der Waals surface area contributed by atoms with Crippen molar-refractivity contribution in [1.29, 1.82) is 0 Å². The van der Waals surface area contributed by atoms with Crippen molar-refractivity contribution in [2.45, 2.75) is 33.1 Å². The van der Waals surface area contributed by atoms with Crippen molar-refractivity contribution in [1.82, 2.24) is 10.2 Å². The number of aryl methyl sites for hydroxylation is 1. The minimum absolute atomic E-state index is 0.0688. The van der Waals surface area contributed by atoms with Gasteiger partial charge < -0.3 is 4.74 Å². The van der Waals surface area contributed by atoms with Gasteiger partial charge >= 0.3 is 0 Å². The van der Waals surface area contributed by atoms with E-state index in [4.69, 9.17) is 4.74 Å². The fourth-order valence-corrected chi connectivity index (χ4v) is 3.00. The molecule has 0 spiro atoms. The van der Waals surface area contributed by atoms with Crippen molar-refractivity contribution in [3.05, 3.63) is 33.2 Å². The molecular formula is C15H18BrN3O2S. The molecule has 1 N–H and O–H groups in total. The molecule has 118 valence electrons. The lowest BCUT2D eigenvalue weighted by Crippen LogP contribution is -2.20. The number of nitrogens with zero attached hydrogens (tertiary/aromatic N) is 2. The zero-order chi connectivity index (χ0) is 16.1. The van der Waals surface area contributed by atoms with Gasteiger partial charge in [0.05, 0.1) is 4.47 Å². The Labute approximate surface area is 142 Å². The number of benzene rings is 1. The van der Waals surface area contributed by atoms with Crippen molar-refractivity contribution in [2.75, 3.05) is 11.9 Å². The molecule has 0 bridgehead atoms. The van der Waals surface area contributed by atoms with E-state index in [9.17, 15) is 4.79 Å². The molecule has 5 nitrogen and oxygen atoms in total. The summed E-state index contributed by atoms with van der Waals surface area (Å²) in [5.41, 5.74) is 1.21. The van der Waals surface area contributed by atoms with E-state index in [-0.39, 0.29) is 12.5 Å². The Morgan fingerprint density at radius 2 is 2.18 bits per heavy atom. The zero-order valence-corrected chi connectivity index (χ0v) is 15.1. The lowest BCUT2D eigenvalue weighted by atomic mass is 10.2. The maximum absolute atomic E-state index is 11.9. The van der Waals surface area contributed by atoms with Gasteiger partial charge in [-0.25, -0.2) is 0 Å². The first kappa shape index (κ1) is 16.9. The molecule has 0 unspecified atom stereocenters. The number of carbonyl (C=O) groups is 1. The highest BCUT2D eigenvalue weighted by atomic mass is 79.9. The van der Waals surface area contributed by atoms with E-state index in [1.165, 1.54) is 16.9 Å². The van der Waals surface area contributed by atoms with Gasteiger partial charge in [0.25, 0.3) is 5.91 Å². The van der Waals surface area contributed by atoms with Crippen LogP contribution in [0.25, 0.3) is 0 Å². The van der Waals surface area contributed by atoms with Gasteiger partial charge in [0.2, 0.25) is 5.13 Å². The van der Waals surface area contributed by atoms with Gasteiger partial charge in [0.1, 0.15) is 10.8 Å². The first-order chi connectivity index (χ1) is 10.5. The topological polar surface area (TPSA) is 64.1 Å². The number of ether oxygens (including phenoxy) is 1. The van der Waals surface area contributed by atoms with Gasteiger partial charge in [-0.1, -0.05) is 38.2 Å². The second-order valence-corrected chi connectivity index (χ2v) is 6.92. The first-order valence-electron chi connectivity index (χ1n) is 7.04. The van der Waals surface area contributed by atoms with Crippen molar-refractivity contribution >= 4 is 38.3 Å². The summed E-state index contributed by atoms with van der Waals surface area (Å²) in [5, 5.41) is 12.1. The van der Waals surface area contributed by atoms with Crippen LogP contribution in [0.1, 0.15) is 37.3 Å². The Hall–Kier alpha value is -1.47. The van der Waals surface area contributed by atoms with Crippen LogP contribution in [-0.2, 0) is 11.2 Å². The molecular weight excluding hydrogens is 366 g/mol. The molecule has 0 saturated carbocycles. The van der Waals surface area contributed by atoms with Crippen molar-refractivity contribution in [3.8, 4) is 5.75 Å². The van der Waals surface area contributed by atoms with Crippen LogP contribution in [0.3, 0.4) is 0 Å². The first-order valence-corrected chi connectivity index (χ1v) is 8.65. The number of anilines is 1. The Morgan fingerprint density at radius 1 is 1.41 bits per heavy atom. The number of halogens is 1. The van der Waals surface area contributed by atoms with Crippen molar-refractivity contribution in [2.24, 2.45) is 0 Å². The number of amides is 1. The number of aromatic nitrogens is 2. The fourth-order valence-electron chi connectivity index (χ4n) is 1.70. The van der Waals surface area contributed by atoms with Crippen LogP contribution in [0, 0.1) is 0 Å². The van der Waals surface area contributed by atoms with E-state index in [0.717, 1.165) is 15.9 Å². The molecule has 1 amide bonds. The normalized spacial score (nSPS) is 10.8. The summed E-state index contributed by atoms with van der Waals surface area (Å²) in [6.07, 6.45) is 0.953. The SMILES string of the molecule is CCc1ccc(OCC(=O)Nc2nnc(C(C)C)s2)c(Br)c1. The van der Waals surface area contributed by atoms with E-state index < -0.39 is 0 Å². The predicted octanol–water partition coefficient (Wildman–Crippen LogP) is 4.00. The fraction of sp³-hybridized carbons (Fsp3) is 0.400. The van der Waals surface area contributed by atoms with Gasteiger partial charge in [-0.3, -0.25) is 10.1 Å². The Bertz CT molecular complexity index is 658. The summed E-state index contributed by atoms with van der Waals surface area (Å²) in [5.74, 6) is 0.692. The Balaban J connectivity index is 1.89. The van der Waals surface area contributed by atoms with Crippen LogP contribution in [0.15, 0.2) is 22.7 Å². The average Bonchev–Trinajstić information content (AvgIpc) is 2.94. The number of hydrogen-bond acceptors (Lipinski definition) is 5. The molecule has 1 aromatic heterocycles. The lowest BCUT2D eigenvalue weighted by Gasteiger charge is -2.08. The molecule has 0 saturated heterocycles. The van der Waals surface area contributed by atoms with Crippen LogP contribution in [0.2, 0.25) is 0 Å². The van der Waals surface area contributed by atoms with Crippen LogP contribution >= 0.6 is 27.3 Å². The predicted molar refractivity (Wildman–Crippen MR) is 91.6 cm³/mol. The minimum Gasteiger partial charge on any atom is -0.483 e.